The zero-order valence-electron chi connectivity index (χ0n) is 8.02. The number of nitriles is 1. The molecule has 0 aliphatic carbocycles. The zero-order valence-corrected chi connectivity index (χ0v) is 9.65. The fourth-order valence-corrected chi connectivity index (χ4v) is 2.36. The lowest BCUT2D eigenvalue weighted by Crippen LogP contribution is -1.83. The number of aliphatic imine (C=N–C) groups is 1. The molecule has 0 amide bonds. The summed E-state index contributed by atoms with van der Waals surface area (Å²) in [6.45, 7) is 2.05. The molecule has 0 fully saturated rings. The van der Waals surface area contributed by atoms with Gasteiger partial charge in [0.1, 0.15) is 4.38 Å². The molecule has 1 rings (SSSR count). The maximum Gasteiger partial charge on any atom is 0.207 e. The first-order chi connectivity index (χ1) is 6.76. The summed E-state index contributed by atoms with van der Waals surface area (Å²) < 4.78 is 0.776. The molecule has 72 valence electrons. The summed E-state index contributed by atoms with van der Waals surface area (Å²) in [5.41, 5.74) is 1.22. The highest BCUT2D eigenvalue weighted by atomic mass is 32.2. The van der Waals surface area contributed by atoms with Gasteiger partial charge in [-0.25, -0.2) is 0 Å². The molecule has 0 radical (unpaired) electrons. The summed E-state index contributed by atoms with van der Waals surface area (Å²) >= 11 is 3.00. The monoisotopic (exact) mass is 222 g/mol. The van der Waals surface area contributed by atoms with Crippen LogP contribution in [0.1, 0.15) is 5.56 Å². The molecule has 2 nitrogen and oxygen atoms in total. The van der Waals surface area contributed by atoms with E-state index in [-0.39, 0.29) is 0 Å². The Balaban J connectivity index is 2.78. The molecule has 4 heteroatoms. The van der Waals surface area contributed by atoms with E-state index in [4.69, 9.17) is 5.26 Å². The molecule has 0 atom stereocenters. The number of nitrogens with zero attached hydrogens (tertiary/aromatic N) is 2. The van der Waals surface area contributed by atoms with Crippen molar-refractivity contribution in [1.82, 2.24) is 0 Å². The van der Waals surface area contributed by atoms with E-state index in [1.807, 2.05) is 31.4 Å². The van der Waals surface area contributed by atoms with E-state index >= 15 is 0 Å². The Morgan fingerprint density at radius 2 is 2.29 bits per heavy atom. The number of hydrogen-bond donors (Lipinski definition) is 0. The molecule has 0 aliphatic heterocycles. The van der Waals surface area contributed by atoms with Crippen molar-refractivity contribution in [2.45, 2.75) is 11.8 Å². The Hall–Kier alpha value is -0.920. The largest absolute Gasteiger partial charge is 0.207 e. The molecule has 0 N–H and O–H groups in total. The minimum absolute atomic E-state index is 0.776. The second kappa shape index (κ2) is 5.74. The molecular formula is C10H10N2S2. The van der Waals surface area contributed by atoms with Gasteiger partial charge in [0.15, 0.2) is 0 Å². The van der Waals surface area contributed by atoms with Crippen molar-refractivity contribution in [2.24, 2.45) is 4.99 Å². The van der Waals surface area contributed by atoms with Crippen molar-refractivity contribution in [1.29, 1.82) is 5.26 Å². The van der Waals surface area contributed by atoms with Gasteiger partial charge in [0.05, 0.1) is 0 Å². The van der Waals surface area contributed by atoms with Crippen LogP contribution in [0, 0.1) is 18.4 Å². The zero-order chi connectivity index (χ0) is 10.4. The lowest BCUT2D eigenvalue weighted by Gasteiger charge is -2.01. The number of aryl methyl sites for hydroxylation is 1. The van der Waals surface area contributed by atoms with E-state index in [0.29, 0.717) is 0 Å². The number of thioether (sulfide) groups is 2. The van der Waals surface area contributed by atoms with Crippen LogP contribution in [0.5, 0.6) is 0 Å². The molecule has 1 aromatic rings. The third-order valence-electron chi connectivity index (χ3n) is 1.51. The third-order valence-corrected chi connectivity index (χ3v) is 3.46. The lowest BCUT2D eigenvalue weighted by atomic mass is 10.2. The Bertz CT molecular complexity index is 380. The molecule has 0 bridgehead atoms. The highest BCUT2D eigenvalue weighted by Crippen LogP contribution is 2.25. The second-order valence-corrected chi connectivity index (χ2v) is 4.72. The van der Waals surface area contributed by atoms with Gasteiger partial charge in [-0.2, -0.15) is 10.3 Å². The van der Waals surface area contributed by atoms with Crippen molar-refractivity contribution in [3.63, 3.8) is 0 Å². The normalized spacial score (nSPS) is 11.1. The van der Waals surface area contributed by atoms with Crippen molar-refractivity contribution >= 4 is 27.9 Å². The topological polar surface area (TPSA) is 36.1 Å². The van der Waals surface area contributed by atoms with Crippen LogP contribution in [0.4, 0.5) is 0 Å². The third kappa shape index (κ3) is 3.44. The predicted octanol–water partition coefficient (Wildman–Crippen LogP) is 3.29. The lowest BCUT2D eigenvalue weighted by molar-refractivity contribution is 1.37. The van der Waals surface area contributed by atoms with Crippen LogP contribution < -0.4 is 0 Å². The predicted molar refractivity (Wildman–Crippen MR) is 63.6 cm³/mol. The van der Waals surface area contributed by atoms with Gasteiger partial charge in [0, 0.05) is 4.90 Å². The summed E-state index contributed by atoms with van der Waals surface area (Å²) in [5, 5.41) is 8.44. The molecule has 0 aliphatic rings. The Kier molecular flexibility index (Phi) is 4.57. The first kappa shape index (κ1) is 11.2. The van der Waals surface area contributed by atoms with Crippen molar-refractivity contribution in [2.75, 3.05) is 6.26 Å². The highest BCUT2D eigenvalue weighted by Gasteiger charge is 2.00. The van der Waals surface area contributed by atoms with Crippen molar-refractivity contribution in [3.8, 4) is 6.19 Å². The van der Waals surface area contributed by atoms with Crippen LogP contribution >= 0.6 is 23.5 Å². The highest BCUT2D eigenvalue weighted by molar-refractivity contribution is 8.38. The van der Waals surface area contributed by atoms with Gasteiger partial charge in [-0.1, -0.05) is 29.5 Å². The average Bonchev–Trinajstić information content (AvgIpc) is 2.17. The van der Waals surface area contributed by atoms with E-state index in [9.17, 15) is 0 Å². The summed E-state index contributed by atoms with van der Waals surface area (Å²) in [7, 11) is 0. The average molecular weight is 222 g/mol. The van der Waals surface area contributed by atoms with Gasteiger partial charge in [-0.3, -0.25) is 0 Å². The summed E-state index contributed by atoms with van der Waals surface area (Å²) in [6, 6.07) is 8.14. The quantitative estimate of drug-likeness (QED) is 0.316. The standard InChI is InChI=1S/C10H10N2S2/c1-8-4-3-5-9(6-8)14-10(13-2)12-7-11/h3-6H,1-2H3. The van der Waals surface area contributed by atoms with Gasteiger partial charge < -0.3 is 0 Å². The first-order valence-corrected chi connectivity index (χ1v) is 6.05. The fourth-order valence-electron chi connectivity index (χ4n) is 0.931. The van der Waals surface area contributed by atoms with Gasteiger partial charge >= 0.3 is 0 Å². The number of hydrogen-bond acceptors (Lipinski definition) is 4. The van der Waals surface area contributed by atoms with Crippen LogP contribution in [0.25, 0.3) is 0 Å². The Morgan fingerprint density at radius 3 is 2.86 bits per heavy atom. The van der Waals surface area contributed by atoms with Crippen LogP contribution in [-0.4, -0.2) is 10.6 Å². The van der Waals surface area contributed by atoms with Crippen molar-refractivity contribution < 1.29 is 0 Å². The molecule has 0 unspecified atom stereocenters. The minimum Gasteiger partial charge on any atom is -0.170 e. The van der Waals surface area contributed by atoms with Crippen molar-refractivity contribution in [3.05, 3.63) is 29.8 Å². The second-order valence-electron chi connectivity index (χ2n) is 2.60. The number of rotatable bonds is 1. The molecule has 14 heavy (non-hydrogen) atoms. The fraction of sp³-hybridized carbons (Fsp3) is 0.200. The van der Waals surface area contributed by atoms with Gasteiger partial charge in [0.2, 0.25) is 6.19 Å². The smallest absolute Gasteiger partial charge is 0.170 e. The van der Waals surface area contributed by atoms with Crippen LogP contribution in [-0.2, 0) is 0 Å². The van der Waals surface area contributed by atoms with E-state index in [0.717, 1.165) is 9.27 Å². The SMILES string of the molecule is CSC(=NC#N)Sc1cccc(C)c1. The minimum atomic E-state index is 0.776. The van der Waals surface area contributed by atoms with Gasteiger partial charge in [0.25, 0.3) is 0 Å². The molecule has 0 spiro atoms. The first-order valence-electron chi connectivity index (χ1n) is 4.01. The summed E-state index contributed by atoms with van der Waals surface area (Å²) in [5.74, 6) is 0. The van der Waals surface area contributed by atoms with Crippen LogP contribution in [0.3, 0.4) is 0 Å². The van der Waals surface area contributed by atoms with Crippen LogP contribution in [0.15, 0.2) is 34.2 Å². The molecule has 0 saturated carbocycles. The molecule has 0 saturated heterocycles. The molecule has 1 aromatic carbocycles. The maximum atomic E-state index is 8.44. The van der Waals surface area contributed by atoms with Crippen LogP contribution in [0.2, 0.25) is 0 Å². The molecule has 0 aromatic heterocycles. The van der Waals surface area contributed by atoms with E-state index in [2.05, 4.69) is 11.1 Å². The van der Waals surface area contributed by atoms with Gasteiger partial charge in [-0.05, 0) is 25.3 Å². The van der Waals surface area contributed by atoms with Gasteiger partial charge in [-0.15, -0.1) is 11.8 Å². The molecule has 0 heterocycles. The molecular weight excluding hydrogens is 212 g/mol. The summed E-state index contributed by atoms with van der Waals surface area (Å²) in [4.78, 5) is 4.83. The Morgan fingerprint density at radius 1 is 1.50 bits per heavy atom. The maximum absolute atomic E-state index is 8.44. The van der Waals surface area contributed by atoms with E-state index in [1.54, 1.807) is 6.19 Å². The van der Waals surface area contributed by atoms with E-state index < -0.39 is 0 Å². The Labute approximate surface area is 92.4 Å². The van der Waals surface area contributed by atoms with E-state index in [1.165, 1.54) is 29.1 Å². The number of benzene rings is 1. The summed E-state index contributed by atoms with van der Waals surface area (Å²) in [6.07, 6.45) is 3.72.